The van der Waals surface area contributed by atoms with E-state index in [1.807, 2.05) is 31.2 Å². The standard InChI is InChI=1S/C15H16N2O/c1-10-6-12(9-17-8-10)15(18)5-4-11-7-13(16)2-3-14(11)15/h2-3,6-9,18H,4-5,16H2,1H3. The summed E-state index contributed by atoms with van der Waals surface area (Å²) in [5.74, 6) is 0. The zero-order valence-corrected chi connectivity index (χ0v) is 10.4. The Hall–Kier alpha value is -1.87. The van der Waals surface area contributed by atoms with Crippen LogP contribution in [0.4, 0.5) is 5.69 Å². The summed E-state index contributed by atoms with van der Waals surface area (Å²) >= 11 is 0. The van der Waals surface area contributed by atoms with Crippen LogP contribution in [0.25, 0.3) is 0 Å². The fourth-order valence-electron chi connectivity index (χ4n) is 2.76. The Balaban J connectivity index is 2.14. The number of benzene rings is 1. The quantitative estimate of drug-likeness (QED) is 0.751. The number of nitrogen functional groups attached to an aromatic ring is 1. The number of anilines is 1. The molecular weight excluding hydrogens is 224 g/mol. The second-order valence-corrected chi connectivity index (χ2v) is 5.03. The summed E-state index contributed by atoms with van der Waals surface area (Å²) in [6, 6.07) is 7.73. The minimum absolute atomic E-state index is 0.691. The van der Waals surface area contributed by atoms with Crippen molar-refractivity contribution in [3.63, 3.8) is 0 Å². The van der Waals surface area contributed by atoms with Gasteiger partial charge in [-0.15, -0.1) is 0 Å². The maximum Gasteiger partial charge on any atom is 0.117 e. The van der Waals surface area contributed by atoms with Crippen LogP contribution in [0.1, 0.15) is 28.7 Å². The molecule has 0 radical (unpaired) electrons. The van der Waals surface area contributed by atoms with Crippen LogP contribution in [0.5, 0.6) is 0 Å². The van der Waals surface area contributed by atoms with Crippen molar-refractivity contribution in [2.75, 3.05) is 5.73 Å². The lowest BCUT2D eigenvalue weighted by Crippen LogP contribution is -2.24. The van der Waals surface area contributed by atoms with Crippen LogP contribution in [-0.2, 0) is 12.0 Å². The van der Waals surface area contributed by atoms with Gasteiger partial charge in [-0.25, -0.2) is 0 Å². The summed E-state index contributed by atoms with van der Waals surface area (Å²) < 4.78 is 0. The van der Waals surface area contributed by atoms with Crippen molar-refractivity contribution in [3.8, 4) is 0 Å². The van der Waals surface area contributed by atoms with E-state index in [0.717, 1.165) is 34.4 Å². The molecule has 1 unspecified atom stereocenters. The lowest BCUT2D eigenvalue weighted by Gasteiger charge is -2.24. The Labute approximate surface area is 106 Å². The molecule has 0 fully saturated rings. The van der Waals surface area contributed by atoms with Crippen molar-refractivity contribution in [2.45, 2.75) is 25.4 Å². The summed E-state index contributed by atoms with van der Waals surface area (Å²) in [6.45, 7) is 1.98. The molecule has 0 saturated heterocycles. The smallest absolute Gasteiger partial charge is 0.117 e. The molecule has 1 aromatic carbocycles. The summed E-state index contributed by atoms with van der Waals surface area (Å²) in [5.41, 5.74) is 9.65. The number of nitrogens with two attached hydrogens (primary N) is 1. The van der Waals surface area contributed by atoms with E-state index in [1.165, 1.54) is 0 Å². The monoisotopic (exact) mass is 240 g/mol. The molecule has 1 aromatic heterocycles. The highest BCUT2D eigenvalue weighted by Gasteiger charge is 2.38. The molecule has 0 amide bonds. The average molecular weight is 240 g/mol. The van der Waals surface area contributed by atoms with Crippen LogP contribution in [-0.4, -0.2) is 10.1 Å². The van der Waals surface area contributed by atoms with Gasteiger partial charge in [0.15, 0.2) is 0 Å². The SMILES string of the molecule is Cc1cncc(C2(O)CCc3cc(N)ccc32)c1. The fourth-order valence-corrected chi connectivity index (χ4v) is 2.76. The number of nitrogens with zero attached hydrogens (tertiary/aromatic N) is 1. The van der Waals surface area contributed by atoms with Gasteiger partial charge in [0.25, 0.3) is 0 Å². The van der Waals surface area contributed by atoms with Crippen LogP contribution in [0.3, 0.4) is 0 Å². The highest BCUT2D eigenvalue weighted by Crippen LogP contribution is 2.42. The summed E-state index contributed by atoms with van der Waals surface area (Å²) in [7, 11) is 0. The first-order valence-electron chi connectivity index (χ1n) is 6.13. The van der Waals surface area contributed by atoms with E-state index < -0.39 is 5.60 Å². The van der Waals surface area contributed by atoms with Gasteiger partial charge in [0, 0.05) is 23.6 Å². The molecule has 0 aliphatic heterocycles. The van der Waals surface area contributed by atoms with Crippen LogP contribution in [0, 0.1) is 6.92 Å². The molecule has 0 bridgehead atoms. The average Bonchev–Trinajstić information content (AvgIpc) is 2.68. The molecule has 0 spiro atoms. The predicted molar refractivity (Wildman–Crippen MR) is 71.1 cm³/mol. The van der Waals surface area contributed by atoms with E-state index in [9.17, 15) is 5.11 Å². The third kappa shape index (κ3) is 1.59. The highest BCUT2D eigenvalue weighted by molar-refractivity contribution is 5.52. The van der Waals surface area contributed by atoms with Gasteiger partial charge in [0.2, 0.25) is 0 Å². The van der Waals surface area contributed by atoms with E-state index in [-0.39, 0.29) is 0 Å². The number of pyridine rings is 1. The summed E-state index contributed by atoms with van der Waals surface area (Å²) in [6.07, 6.45) is 5.09. The van der Waals surface area contributed by atoms with Gasteiger partial charge in [0.05, 0.1) is 0 Å². The molecule has 92 valence electrons. The maximum atomic E-state index is 10.9. The Bertz CT molecular complexity index is 609. The number of hydrogen-bond acceptors (Lipinski definition) is 3. The molecule has 1 aliphatic rings. The van der Waals surface area contributed by atoms with Crippen molar-refractivity contribution in [1.29, 1.82) is 0 Å². The highest BCUT2D eigenvalue weighted by atomic mass is 16.3. The maximum absolute atomic E-state index is 10.9. The van der Waals surface area contributed by atoms with Crippen molar-refractivity contribution in [3.05, 3.63) is 58.9 Å². The molecule has 3 heteroatoms. The van der Waals surface area contributed by atoms with Gasteiger partial charge in [-0.05, 0) is 54.7 Å². The molecule has 3 N–H and O–H groups in total. The second-order valence-electron chi connectivity index (χ2n) is 5.03. The largest absolute Gasteiger partial charge is 0.399 e. The van der Waals surface area contributed by atoms with Gasteiger partial charge < -0.3 is 10.8 Å². The Morgan fingerprint density at radius 2 is 2.11 bits per heavy atom. The third-order valence-electron chi connectivity index (χ3n) is 3.68. The number of aryl methyl sites for hydroxylation is 2. The molecule has 1 atom stereocenters. The summed E-state index contributed by atoms with van der Waals surface area (Å²) in [4.78, 5) is 4.18. The van der Waals surface area contributed by atoms with Gasteiger partial charge >= 0.3 is 0 Å². The van der Waals surface area contributed by atoms with Gasteiger partial charge in [-0.3, -0.25) is 4.98 Å². The molecule has 1 aliphatic carbocycles. The Kier molecular flexibility index (Phi) is 2.38. The van der Waals surface area contributed by atoms with Gasteiger partial charge in [-0.1, -0.05) is 6.07 Å². The fraction of sp³-hybridized carbons (Fsp3) is 0.267. The van der Waals surface area contributed by atoms with Crippen molar-refractivity contribution in [1.82, 2.24) is 4.98 Å². The van der Waals surface area contributed by atoms with E-state index in [1.54, 1.807) is 12.4 Å². The summed E-state index contributed by atoms with van der Waals surface area (Å²) in [5, 5.41) is 10.9. The van der Waals surface area contributed by atoms with E-state index in [0.29, 0.717) is 6.42 Å². The first-order valence-corrected chi connectivity index (χ1v) is 6.13. The third-order valence-corrected chi connectivity index (χ3v) is 3.68. The van der Waals surface area contributed by atoms with Crippen LogP contribution in [0.15, 0.2) is 36.7 Å². The van der Waals surface area contributed by atoms with Gasteiger partial charge in [0.1, 0.15) is 5.60 Å². The molecule has 3 nitrogen and oxygen atoms in total. The van der Waals surface area contributed by atoms with E-state index in [4.69, 9.17) is 5.73 Å². The first kappa shape index (κ1) is 11.2. The molecule has 0 saturated carbocycles. The first-order chi connectivity index (χ1) is 8.59. The molecule has 1 heterocycles. The number of fused-ring (bicyclic) bond motifs is 1. The van der Waals surface area contributed by atoms with Crippen molar-refractivity contribution in [2.24, 2.45) is 0 Å². The number of rotatable bonds is 1. The minimum Gasteiger partial charge on any atom is -0.399 e. The van der Waals surface area contributed by atoms with E-state index >= 15 is 0 Å². The van der Waals surface area contributed by atoms with Gasteiger partial charge in [-0.2, -0.15) is 0 Å². The second kappa shape index (κ2) is 3.82. The zero-order valence-electron chi connectivity index (χ0n) is 10.4. The van der Waals surface area contributed by atoms with Crippen LogP contribution in [0.2, 0.25) is 0 Å². The Morgan fingerprint density at radius 3 is 2.89 bits per heavy atom. The molecule has 2 aromatic rings. The number of aromatic nitrogens is 1. The van der Waals surface area contributed by atoms with Crippen LogP contribution >= 0.6 is 0 Å². The zero-order chi connectivity index (χ0) is 12.8. The Morgan fingerprint density at radius 1 is 1.28 bits per heavy atom. The normalized spacial score (nSPS) is 21.9. The predicted octanol–water partition coefficient (Wildman–Crippen LogP) is 2.15. The van der Waals surface area contributed by atoms with Crippen molar-refractivity contribution < 1.29 is 5.11 Å². The minimum atomic E-state index is -0.915. The number of aliphatic hydroxyl groups is 1. The molecular formula is C15H16N2O. The lowest BCUT2D eigenvalue weighted by atomic mass is 9.88. The topological polar surface area (TPSA) is 59.1 Å². The van der Waals surface area contributed by atoms with Crippen molar-refractivity contribution >= 4 is 5.69 Å². The molecule has 3 rings (SSSR count). The lowest BCUT2D eigenvalue weighted by molar-refractivity contribution is 0.0825. The number of hydrogen-bond donors (Lipinski definition) is 2. The van der Waals surface area contributed by atoms with E-state index in [2.05, 4.69) is 4.98 Å². The molecule has 18 heavy (non-hydrogen) atoms. The van der Waals surface area contributed by atoms with Crippen LogP contribution < -0.4 is 5.73 Å².